The van der Waals surface area contributed by atoms with E-state index < -0.39 is 5.97 Å². The molecule has 0 saturated heterocycles. The number of aliphatic carboxylic acids is 1. The molecule has 90 valence electrons. The molecule has 2 rings (SSSR count). The van der Waals surface area contributed by atoms with Gasteiger partial charge >= 0.3 is 5.97 Å². The molecule has 0 radical (unpaired) electrons. The summed E-state index contributed by atoms with van der Waals surface area (Å²) in [6.07, 6.45) is 7.88. The zero-order valence-corrected chi connectivity index (χ0v) is 9.23. The van der Waals surface area contributed by atoms with E-state index in [0.29, 0.717) is 12.2 Å². The molecule has 0 aliphatic heterocycles. The summed E-state index contributed by atoms with van der Waals surface area (Å²) in [5.74, 6) is -0.893. The lowest BCUT2D eigenvalue weighted by Crippen LogP contribution is -2.03. The lowest BCUT2D eigenvalue weighted by Gasteiger charge is -2.01. The number of carboxylic acids is 1. The maximum absolute atomic E-state index is 10.5. The fourth-order valence-corrected chi connectivity index (χ4v) is 1.52. The van der Waals surface area contributed by atoms with E-state index in [4.69, 9.17) is 5.11 Å². The molecule has 0 saturated carbocycles. The van der Waals surface area contributed by atoms with Crippen molar-refractivity contribution in [2.75, 3.05) is 0 Å². The lowest BCUT2D eigenvalue weighted by atomic mass is 10.3. The van der Waals surface area contributed by atoms with Gasteiger partial charge in [0.25, 0.3) is 0 Å². The smallest absolute Gasteiger partial charge is 0.309 e. The van der Waals surface area contributed by atoms with Crippen molar-refractivity contribution >= 4 is 5.97 Å². The number of aryl methyl sites for hydroxylation is 2. The largest absolute Gasteiger partial charge is 0.481 e. The van der Waals surface area contributed by atoms with E-state index in [1.165, 1.54) is 0 Å². The highest BCUT2D eigenvalue weighted by molar-refractivity contribution is 5.69. The molecule has 0 unspecified atom stereocenters. The second-order valence-electron chi connectivity index (χ2n) is 3.70. The molecule has 1 N–H and O–H groups in total. The van der Waals surface area contributed by atoms with Crippen molar-refractivity contribution in [1.82, 2.24) is 24.5 Å². The van der Waals surface area contributed by atoms with Crippen LogP contribution in [0.3, 0.4) is 0 Å². The van der Waals surface area contributed by atoms with Crippen LogP contribution in [0.2, 0.25) is 0 Å². The van der Waals surface area contributed by atoms with Gasteiger partial charge in [-0.05, 0) is 6.42 Å². The van der Waals surface area contributed by atoms with E-state index >= 15 is 0 Å². The van der Waals surface area contributed by atoms with Crippen LogP contribution in [0.15, 0.2) is 24.9 Å². The minimum absolute atomic E-state index is 0.0818. The molecule has 2 aromatic rings. The van der Waals surface area contributed by atoms with Crippen LogP contribution in [-0.4, -0.2) is 35.6 Å². The zero-order chi connectivity index (χ0) is 12.1. The van der Waals surface area contributed by atoms with Crippen LogP contribution < -0.4 is 0 Å². The molecule has 0 fully saturated rings. The van der Waals surface area contributed by atoms with Crippen LogP contribution in [0.4, 0.5) is 0 Å². The highest BCUT2D eigenvalue weighted by Crippen LogP contribution is 1.98. The first kappa shape index (κ1) is 11.3. The van der Waals surface area contributed by atoms with Gasteiger partial charge in [0.2, 0.25) is 0 Å². The highest BCUT2D eigenvalue weighted by Gasteiger charge is 2.05. The van der Waals surface area contributed by atoms with E-state index in [0.717, 1.165) is 13.0 Å². The molecule has 0 aliphatic carbocycles. The third-order valence-electron chi connectivity index (χ3n) is 2.28. The predicted octanol–water partition coefficient (Wildman–Crippen LogP) is 0.192. The van der Waals surface area contributed by atoms with Crippen molar-refractivity contribution in [2.24, 2.45) is 0 Å². The van der Waals surface area contributed by atoms with Gasteiger partial charge in [0.05, 0.1) is 18.4 Å². The molecule has 0 amide bonds. The number of carboxylic acid groups (broad SMARTS) is 1. The van der Waals surface area contributed by atoms with Crippen molar-refractivity contribution in [3.8, 4) is 0 Å². The van der Waals surface area contributed by atoms with E-state index in [2.05, 4.69) is 15.3 Å². The average Bonchev–Trinajstić information content (AvgIpc) is 2.89. The van der Waals surface area contributed by atoms with E-state index in [1.807, 2.05) is 10.8 Å². The Balaban J connectivity index is 1.79. The van der Waals surface area contributed by atoms with Crippen molar-refractivity contribution in [2.45, 2.75) is 25.9 Å². The Morgan fingerprint density at radius 1 is 1.41 bits per heavy atom. The van der Waals surface area contributed by atoms with Gasteiger partial charge in [-0.15, -0.1) is 5.10 Å². The Hall–Kier alpha value is -2.18. The summed E-state index contributed by atoms with van der Waals surface area (Å²) in [6, 6.07) is 0. The number of rotatable bonds is 6. The number of imidazole rings is 1. The van der Waals surface area contributed by atoms with Crippen LogP contribution in [-0.2, 0) is 24.3 Å². The number of nitrogens with zero attached hydrogens (tertiary/aromatic N) is 5. The Morgan fingerprint density at radius 2 is 2.29 bits per heavy atom. The SMILES string of the molecule is O=C(O)Cc1cn(CCCn2ccnc2)nn1. The van der Waals surface area contributed by atoms with Gasteiger partial charge in [0.1, 0.15) is 0 Å². The maximum Gasteiger partial charge on any atom is 0.309 e. The minimum Gasteiger partial charge on any atom is -0.481 e. The molecule has 2 heterocycles. The molecule has 0 aliphatic rings. The first-order valence-corrected chi connectivity index (χ1v) is 5.30. The Bertz CT molecular complexity index is 477. The predicted molar refractivity (Wildman–Crippen MR) is 58.2 cm³/mol. The molecule has 17 heavy (non-hydrogen) atoms. The van der Waals surface area contributed by atoms with Crippen LogP contribution >= 0.6 is 0 Å². The standard InChI is InChI=1S/C10H13N5O2/c16-10(17)6-9-7-15(13-12-9)4-1-3-14-5-2-11-8-14/h2,5,7-8H,1,3-4,6H2,(H,16,17). The summed E-state index contributed by atoms with van der Waals surface area (Å²) in [4.78, 5) is 14.4. The van der Waals surface area contributed by atoms with E-state index in [-0.39, 0.29) is 6.42 Å². The fraction of sp³-hybridized carbons (Fsp3) is 0.400. The summed E-state index contributed by atoms with van der Waals surface area (Å²) in [5.41, 5.74) is 0.486. The molecular formula is C10H13N5O2. The van der Waals surface area contributed by atoms with Crippen molar-refractivity contribution in [1.29, 1.82) is 0 Å². The first-order chi connectivity index (χ1) is 8.24. The van der Waals surface area contributed by atoms with Gasteiger partial charge in [-0.2, -0.15) is 0 Å². The van der Waals surface area contributed by atoms with Crippen LogP contribution in [0.25, 0.3) is 0 Å². The van der Waals surface area contributed by atoms with Crippen molar-refractivity contribution in [3.63, 3.8) is 0 Å². The molecule has 0 aromatic carbocycles. The van der Waals surface area contributed by atoms with Gasteiger partial charge < -0.3 is 9.67 Å². The van der Waals surface area contributed by atoms with Crippen molar-refractivity contribution in [3.05, 3.63) is 30.6 Å². The molecule has 0 spiro atoms. The summed E-state index contributed by atoms with van der Waals surface area (Å²) in [5, 5.41) is 16.2. The third kappa shape index (κ3) is 3.40. The topological polar surface area (TPSA) is 85.8 Å². The van der Waals surface area contributed by atoms with Gasteiger partial charge in [-0.25, -0.2) is 4.98 Å². The Labute approximate surface area is 97.7 Å². The van der Waals surface area contributed by atoms with Crippen LogP contribution in [0, 0.1) is 0 Å². The van der Waals surface area contributed by atoms with Crippen LogP contribution in [0.5, 0.6) is 0 Å². The molecule has 7 heteroatoms. The van der Waals surface area contributed by atoms with Gasteiger partial charge in [0.15, 0.2) is 0 Å². The van der Waals surface area contributed by atoms with E-state index in [1.54, 1.807) is 23.4 Å². The van der Waals surface area contributed by atoms with Gasteiger partial charge in [-0.3, -0.25) is 9.48 Å². The minimum atomic E-state index is -0.893. The molecule has 7 nitrogen and oxygen atoms in total. The first-order valence-electron chi connectivity index (χ1n) is 5.30. The van der Waals surface area contributed by atoms with Crippen LogP contribution in [0.1, 0.15) is 12.1 Å². The normalized spacial score (nSPS) is 10.6. The zero-order valence-electron chi connectivity index (χ0n) is 9.23. The number of aromatic nitrogens is 5. The molecule has 2 aromatic heterocycles. The van der Waals surface area contributed by atoms with Gasteiger partial charge in [0, 0.05) is 31.7 Å². The quantitative estimate of drug-likeness (QED) is 0.772. The van der Waals surface area contributed by atoms with Crippen molar-refractivity contribution < 1.29 is 9.90 Å². The van der Waals surface area contributed by atoms with Gasteiger partial charge in [-0.1, -0.05) is 5.21 Å². The molecule has 0 atom stereocenters. The number of hydrogen-bond acceptors (Lipinski definition) is 4. The Morgan fingerprint density at radius 3 is 3.00 bits per heavy atom. The third-order valence-corrected chi connectivity index (χ3v) is 2.28. The Kier molecular flexibility index (Phi) is 3.49. The maximum atomic E-state index is 10.5. The second kappa shape index (κ2) is 5.24. The monoisotopic (exact) mass is 235 g/mol. The van der Waals surface area contributed by atoms with E-state index in [9.17, 15) is 4.79 Å². The summed E-state index contributed by atoms with van der Waals surface area (Å²) < 4.78 is 3.64. The average molecular weight is 235 g/mol. The summed E-state index contributed by atoms with van der Waals surface area (Å²) in [7, 11) is 0. The highest BCUT2D eigenvalue weighted by atomic mass is 16.4. The lowest BCUT2D eigenvalue weighted by molar-refractivity contribution is -0.136. The molecule has 0 bridgehead atoms. The summed E-state index contributed by atoms with van der Waals surface area (Å²) in [6.45, 7) is 1.57. The number of carbonyl (C=O) groups is 1. The molecular weight excluding hydrogens is 222 g/mol. The second-order valence-corrected chi connectivity index (χ2v) is 3.70. The number of hydrogen-bond donors (Lipinski definition) is 1. The fourth-order valence-electron chi connectivity index (χ4n) is 1.52. The summed E-state index contributed by atoms with van der Waals surface area (Å²) >= 11 is 0.